The quantitative estimate of drug-likeness (QED) is 0.730. The molecule has 2 heteroatoms. The van der Waals surface area contributed by atoms with Crippen molar-refractivity contribution >= 4 is 17.2 Å². The molecule has 0 N–H and O–H groups in total. The molecule has 14 heavy (non-hydrogen) atoms. The summed E-state index contributed by atoms with van der Waals surface area (Å²) >= 11 is 6.03. The van der Waals surface area contributed by atoms with Crippen molar-refractivity contribution in [2.45, 2.75) is 13.3 Å². The summed E-state index contributed by atoms with van der Waals surface area (Å²) in [5.41, 5.74) is 3.79. The topological polar surface area (TPSA) is 0 Å². The first-order valence-corrected chi connectivity index (χ1v) is 4.76. The number of hydrogen-bond donors (Lipinski definition) is 0. The SMILES string of the molecule is CC1=C(Cl)CC(c2ccccc2)=C1.[Zr]. The molecule has 1 aliphatic rings. The van der Waals surface area contributed by atoms with Gasteiger partial charge in [0.1, 0.15) is 0 Å². The van der Waals surface area contributed by atoms with Gasteiger partial charge in [-0.15, -0.1) is 0 Å². The third kappa shape index (κ3) is 2.46. The van der Waals surface area contributed by atoms with Crippen molar-refractivity contribution in [3.8, 4) is 0 Å². The number of allylic oxidation sites excluding steroid dienone is 4. The van der Waals surface area contributed by atoms with Crippen molar-refractivity contribution in [1.82, 2.24) is 0 Å². The van der Waals surface area contributed by atoms with Crippen LogP contribution in [0, 0.1) is 0 Å². The van der Waals surface area contributed by atoms with E-state index >= 15 is 0 Å². The Morgan fingerprint density at radius 1 is 1.14 bits per heavy atom. The zero-order valence-electron chi connectivity index (χ0n) is 8.05. The predicted molar refractivity (Wildman–Crippen MR) is 57.6 cm³/mol. The molecule has 1 aromatic rings. The molecule has 2 rings (SSSR count). The van der Waals surface area contributed by atoms with Crippen LogP contribution in [-0.4, -0.2) is 0 Å². The summed E-state index contributed by atoms with van der Waals surface area (Å²) < 4.78 is 0. The molecule has 0 saturated carbocycles. The van der Waals surface area contributed by atoms with Gasteiger partial charge in [-0.1, -0.05) is 48.0 Å². The molecule has 0 nitrogen and oxygen atoms in total. The summed E-state index contributed by atoms with van der Waals surface area (Å²) in [6, 6.07) is 10.4. The Labute approximate surface area is 109 Å². The van der Waals surface area contributed by atoms with Crippen molar-refractivity contribution in [3.05, 3.63) is 52.6 Å². The smallest absolute Gasteiger partial charge is 0.0254 e. The van der Waals surface area contributed by atoms with Crippen LogP contribution in [0.4, 0.5) is 0 Å². The van der Waals surface area contributed by atoms with E-state index in [1.807, 2.05) is 6.07 Å². The molecule has 0 fully saturated rings. The molecule has 0 aromatic heterocycles. The molecular formula is C12H11ClZr. The summed E-state index contributed by atoms with van der Waals surface area (Å²) in [7, 11) is 0. The second-order valence-electron chi connectivity index (χ2n) is 3.30. The average molecular weight is 282 g/mol. The minimum absolute atomic E-state index is 0. The molecule has 0 aliphatic heterocycles. The van der Waals surface area contributed by atoms with E-state index in [2.05, 4.69) is 37.3 Å². The molecule has 0 saturated heterocycles. The van der Waals surface area contributed by atoms with Crippen LogP contribution in [0.15, 0.2) is 47.0 Å². The van der Waals surface area contributed by atoms with Crippen LogP contribution in [-0.2, 0) is 26.2 Å². The van der Waals surface area contributed by atoms with Gasteiger partial charge in [0.2, 0.25) is 0 Å². The van der Waals surface area contributed by atoms with Crippen molar-refractivity contribution in [2.24, 2.45) is 0 Å². The summed E-state index contributed by atoms with van der Waals surface area (Å²) in [5.74, 6) is 0. The monoisotopic (exact) mass is 280 g/mol. The first kappa shape index (κ1) is 11.9. The summed E-state index contributed by atoms with van der Waals surface area (Å²) in [5, 5.41) is 0.971. The van der Waals surface area contributed by atoms with Crippen LogP contribution < -0.4 is 0 Å². The van der Waals surface area contributed by atoms with Crippen LogP contribution in [0.1, 0.15) is 18.9 Å². The van der Waals surface area contributed by atoms with E-state index in [0.29, 0.717) is 0 Å². The van der Waals surface area contributed by atoms with Gasteiger partial charge >= 0.3 is 0 Å². The van der Waals surface area contributed by atoms with Crippen molar-refractivity contribution in [3.63, 3.8) is 0 Å². The minimum atomic E-state index is 0. The molecule has 0 heterocycles. The van der Waals surface area contributed by atoms with E-state index in [4.69, 9.17) is 11.6 Å². The van der Waals surface area contributed by atoms with Crippen molar-refractivity contribution in [1.29, 1.82) is 0 Å². The van der Waals surface area contributed by atoms with Gasteiger partial charge in [0.15, 0.2) is 0 Å². The summed E-state index contributed by atoms with van der Waals surface area (Å²) in [6.45, 7) is 2.05. The van der Waals surface area contributed by atoms with Crippen LogP contribution in [0.2, 0.25) is 0 Å². The molecule has 0 atom stereocenters. The fourth-order valence-electron chi connectivity index (χ4n) is 1.53. The Morgan fingerprint density at radius 3 is 2.29 bits per heavy atom. The Morgan fingerprint density at radius 2 is 1.79 bits per heavy atom. The van der Waals surface area contributed by atoms with Gasteiger partial charge in [0, 0.05) is 37.7 Å². The van der Waals surface area contributed by atoms with Gasteiger partial charge in [0.25, 0.3) is 0 Å². The van der Waals surface area contributed by atoms with Gasteiger partial charge in [-0.05, 0) is 23.6 Å². The van der Waals surface area contributed by atoms with Crippen molar-refractivity contribution < 1.29 is 26.2 Å². The molecule has 0 radical (unpaired) electrons. The Hall–Kier alpha value is -0.127. The van der Waals surface area contributed by atoms with E-state index in [9.17, 15) is 0 Å². The predicted octanol–water partition coefficient (Wildman–Crippen LogP) is 3.98. The van der Waals surface area contributed by atoms with Gasteiger partial charge in [-0.3, -0.25) is 0 Å². The van der Waals surface area contributed by atoms with E-state index < -0.39 is 0 Å². The Bertz CT molecular complexity index is 377. The molecule has 1 aromatic carbocycles. The maximum Gasteiger partial charge on any atom is 0.0254 e. The fraction of sp³-hybridized carbons (Fsp3) is 0.167. The van der Waals surface area contributed by atoms with Crippen LogP contribution in [0.5, 0.6) is 0 Å². The van der Waals surface area contributed by atoms with E-state index in [1.54, 1.807) is 0 Å². The molecule has 0 amide bonds. The van der Waals surface area contributed by atoms with Crippen molar-refractivity contribution in [2.75, 3.05) is 0 Å². The van der Waals surface area contributed by atoms with Crippen LogP contribution in [0.25, 0.3) is 5.57 Å². The number of hydrogen-bond acceptors (Lipinski definition) is 0. The van der Waals surface area contributed by atoms with E-state index in [-0.39, 0.29) is 26.2 Å². The summed E-state index contributed by atoms with van der Waals surface area (Å²) in [4.78, 5) is 0. The van der Waals surface area contributed by atoms with Crippen LogP contribution in [0.3, 0.4) is 0 Å². The first-order valence-electron chi connectivity index (χ1n) is 4.38. The minimum Gasteiger partial charge on any atom is -0.0885 e. The maximum absolute atomic E-state index is 6.03. The van der Waals surface area contributed by atoms with Gasteiger partial charge in [0.05, 0.1) is 0 Å². The van der Waals surface area contributed by atoms with Gasteiger partial charge in [-0.2, -0.15) is 0 Å². The molecule has 70 valence electrons. The maximum atomic E-state index is 6.03. The first-order chi connectivity index (χ1) is 6.27. The number of halogens is 1. The van der Waals surface area contributed by atoms with Gasteiger partial charge < -0.3 is 0 Å². The summed E-state index contributed by atoms with van der Waals surface area (Å²) in [6.07, 6.45) is 3.05. The van der Waals surface area contributed by atoms with E-state index in [1.165, 1.54) is 16.7 Å². The second-order valence-corrected chi connectivity index (χ2v) is 3.76. The number of benzene rings is 1. The van der Waals surface area contributed by atoms with Crippen LogP contribution >= 0.6 is 11.6 Å². The molecule has 1 aliphatic carbocycles. The Balaban J connectivity index is 0.000000980. The zero-order valence-corrected chi connectivity index (χ0v) is 11.3. The van der Waals surface area contributed by atoms with Gasteiger partial charge in [-0.25, -0.2) is 0 Å². The second kappa shape index (κ2) is 5.09. The zero-order chi connectivity index (χ0) is 9.26. The molecule has 0 unspecified atom stereocenters. The normalized spacial score (nSPS) is 15.1. The largest absolute Gasteiger partial charge is 0.0885 e. The Kier molecular flexibility index (Phi) is 4.35. The fourth-order valence-corrected chi connectivity index (χ4v) is 1.73. The molecular weight excluding hydrogens is 271 g/mol. The number of rotatable bonds is 1. The standard InChI is InChI=1S/C12H11Cl.Zr/c1-9-7-11(8-12(9)13)10-5-3-2-4-6-10;/h2-7H,8H2,1H3;. The van der Waals surface area contributed by atoms with E-state index in [0.717, 1.165) is 11.5 Å². The third-order valence-electron chi connectivity index (χ3n) is 2.31. The average Bonchev–Trinajstić information content (AvgIpc) is 2.49. The molecule has 0 bridgehead atoms. The third-order valence-corrected chi connectivity index (χ3v) is 2.74. The molecule has 0 spiro atoms.